The van der Waals surface area contributed by atoms with Gasteiger partial charge in [0.2, 0.25) is 0 Å². The zero-order valence-corrected chi connectivity index (χ0v) is 9.90. The molecule has 0 unspecified atom stereocenters. The van der Waals surface area contributed by atoms with E-state index < -0.39 is 0 Å². The predicted molar refractivity (Wildman–Crippen MR) is 68.2 cm³/mol. The van der Waals surface area contributed by atoms with Crippen molar-refractivity contribution in [2.24, 2.45) is 10.8 Å². The molecule has 1 aromatic carbocycles. The molecule has 15 heavy (non-hydrogen) atoms. The lowest BCUT2D eigenvalue weighted by Crippen LogP contribution is -2.25. The lowest BCUT2D eigenvalue weighted by molar-refractivity contribution is 1.01. The van der Waals surface area contributed by atoms with Crippen LogP contribution in [0.1, 0.15) is 18.9 Å². The first kappa shape index (κ1) is 11.9. The van der Waals surface area contributed by atoms with E-state index in [-0.39, 0.29) is 5.11 Å². The summed E-state index contributed by atoms with van der Waals surface area (Å²) >= 11 is 10.5. The van der Waals surface area contributed by atoms with Crippen molar-refractivity contribution in [1.82, 2.24) is 5.43 Å². The fraction of sp³-hybridized carbons (Fsp3) is 0.200. The molecule has 0 heterocycles. The Hall–Kier alpha value is -1.13. The van der Waals surface area contributed by atoms with Crippen LogP contribution in [0.3, 0.4) is 0 Å². The van der Waals surface area contributed by atoms with Gasteiger partial charge in [-0.25, -0.2) is 0 Å². The first-order valence-electron chi connectivity index (χ1n) is 4.51. The Morgan fingerprint density at radius 3 is 2.53 bits per heavy atom. The van der Waals surface area contributed by atoms with Crippen LogP contribution in [0.4, 0.5) is 0 Å². The molecule has 0 aliphatic carbocycles. The van der Waals surface area contributed by atoms with E-state index in [1.807, 2.05) is 31.2 Å². The van der Waals surface area contributed by atoms with E-state index in [1.54, 1.807) is 0 Å². The van der Waals surface area contributed by atoms with E-state index in [1.165, 1.54) is 0 Å². The second kappa shape index (κ2) is 5.68. The molecule has 1 rings (SSSR count). The van der Waals surface area contributed by atoms with Gasteiger partial charge in [0.25, 0.3) is 0 Å². The van der Waals surface area contributed by atoms with Gasteiger partial charge in [-0.2, -0.15) is 5.10 Å². The van der Waals surface area contributed by atoms with Crippen molar-refractivity contribution in [2.45, 2.75) is 13.3 Å². The first-order valence-corrected chi connectivity index (χ1v) is 5.30. The molecule has 0 fully saturated rings. The Morgan fingerprint density at radius 1 is 1.47 bits per heavy atom. The van der Waals surface area contributed by atoms with Crippen molar-refractivity contribution < 1.29 is 0 Å². The molecule has 0 amide bonds. The fourth-order valence-corrected chi connectivity index (χ4v) is 1.28. The van der Waals surface area contributed by atoms with Gasteiger partial charge < -0.3 is 5.73 Å². The highest BCUT2D eigenvalue weighted by molar-refractivity contribution is 7.80. The number of nitrogens with two attached hydrogens (primary N) is 1. The maximum Gasteiger partial charge on any atom is 0.184 e. The molecular formula is C10H12ClN3S. The monoisotopic (exact) mass is 241 g/mol. The molecule has 5 heteroatoms. The zero-order valence-electron chi connectivity index (χ0n) is 8.33. The van der Waals surface area contributed by atoms with Crippen LogP contribution in [0.15, 0.2) is 29.4 Å². The Morgan fingerprint density at radius 2 is 2.07 bits per heavy atom. The predicted octanol–water partition coefficient (Wildman–Crippen LogP) is 2.29. The molecule has 0 aliphatic rings. The first-order chi connectivity index (χ1) is 7.13. The third kappa shape index (κ3) is 3.85. The number of hydrogen-bond donors (Lipinski definition) is 2. The number of nitrogens with zero attached hydrogens (tertiary/aromatic N) is 1. The summed E-state index contributed by atoms with van der Waals surface area (Å²) in [5.41, 5.74) is 9.76. The van der Waals surface area contributed by atoms with Gasteiger partial charge in [-0.1, -0.05) is 30.7 Å². The molecule has 0 aliphatic heterocycles. The molecule has 1 aromatic rings. The molecule has 3 N–H and O–H groups in total. The smallest absolute Gasteiger partial charge is 0.184 e. The third-order valence-corrected chi connectivity index (χ3v) is 2.16. The van der Waals surface area contributed by atoms with Gasteiger partial charge in [0.1, 0.15) is 0 Å². The molecule has 0 saturated heterocycles. The minimum absolute atomic E-state index is 0.162. The van der Waals surface area contributed by atoms with Gasteiger partial charge in [-0.15, -0.1) is 0 Å². The van der Waals surface area contributed by atoms with Crippen LogP contribution in [-0.4, -0.2) is 10.8 Å². The van der Waals surface area contributed by atoms with Crippen LogP contribution in [0.5, 0.6) is 0 Å². The Labute approximate surface area is 99.3 Å². The summed E-state index contributed by atoms with van der Waals surface area (Å²) in [5, 5.41) is 4.97. The van der Waals surface area contributed by atoms with Gasteiger partial charge in [-0.05, 0) is 36.3 Å². The number of hydrazone groups is 1. The van der Waals surface area contributed by atoms with Gasteiger partial charge >= 0.3 is 0 Å². The van der Waals surface area contributed by atoms with Gasteiger partial charge in [-0.3, -0.25) is 5.43 Å². The minimum Gasteiger partial charge on any atom is -0.375 e. The molecule has 0 spiro atoms. The summed E-state index contributed by atoms with van der Waals surface area (Å²) < 4.78 is 0. The van der Waals surface area contributed by atoms with Crippen molar-refractivity contribution >= 4 is 34.6 Å². The van der Waals surface area contributed by atoms with Crippen LogP contribution < -0.4 is 11.2 Å². The highest BCUT2D eigenvalue weighted by atomic mass is 35.5. The molecule has 0 radical (unpaired) electrons. The van der Waals surface area contributed by atoms with Crippen LogP contribution in [-0.2, 0) is 0 Å². The number of thiocarbonyl (C=S) groups is 1. The van der Waals surface area contributed by atoms with Crippen molar-refractivity contribution in [3.63, 3.8) is 0 Å². The van der Waals surface area contributed by atoms with Crippen LogP contribution in [0.25, 0.3) is 0 Å². The molecule has 3 nitrogen and oxygen atoms in total. The van der Waals surface area contributed by atoms with Crippen molar-refractivity contribution in [2.75, 3.05) is 0 Å². The quantitative estimate of drug-likeness (QED) is 0.485. The van der Waals surface area contributed by atoms with E-state index in [4.69, 9.17) is 17.3 Å². The van der Waals surface area contributed by atoms with Crippen molar-refractivity contribution in [3.05, 3.63) is 34.9 Å². The molecule has 0 atom stereocenters. The largest absolute Gasteiger partial charge is 0.375 e. The second-order valence-electron chi connectivity index (χ2n) is 2.89. The normalized spacial score (nSPS) is 11.2. The highest BCUT2D eigenvalue weighted by Crippen LogP contribution is 2.11. The third-order valence-electron chi connectivity index (χ3n) is 1.81. The standard InChI is InChI=1S/C10H12ClN3S/c1-2-9(13-14-10(12)15)7-3-5-8(11)6-4-7/h3-6H,2H2,1H3,(H3,12,14,15). The number of rotatable bonds is 3. The van der Waals surface area contributed by atoms with E-state index in [0.29, 0.717) is 5.02 Å². The van der Waals surface area contributed by atoms with Gasteiger partial charge in [0, 0.05) is 5.02 Å². The molecule has 0 bridgehead atoms. The van der Waals surface area contributed by atoms with E-state index in [0.717, 1.165) is 17.7 Å². The summed E-state index contributed by atoms with van der Waals surface area (Å²) in [7, 11) is 0. The molecule has 0 aromatic heterocycles. The van der Waals surface area contributed by atoms with Crippen LogP contribution >= 0.6 is 23.8 Å². The van der Waals surface area contributed by atoms with Gasteiger partial charge in [0.05, 0.1) is 5.71 Å². The topological polar surface area (TPSA) is 50.4 Å². The van der Waals surface area contributed by atoms with Crippen molar-refractivity contribution in [3.8, 4) is 0 Å². The number of halogens is 1. The van der Waals surface area contributed by atoms with E-state index >= 15 is 0 Å². The number of benzene rings is 1. The van der Waals surface area contributed by atoms with E-state index in [9.17, 15) is 0 Å². The SMILES string of the molecule is CCC(=NNC(N)=S)c1ccc(Cl)cc1. The van der Waals surface area contributed by atoms with Crippen LogP contribution in [0, 0.1) is 0 Å². The summed E-state index contributed by atoms with van der Waals surface area (Å²) in [6.07, 6.45) is 0.789. The summed E-state index contributed by atoms with van der Waals surface area (Å²) in [4.78, 5) is 0. The Balaban J connectivity index is 2.87. The molecule has 80 valence electrons. The summed E-state index contributed by atoms with van der Waals surface area (Å²) in [6.45, 7) is 2.01. The lowest BCUT2D eigenvalue weighted by atomic mass is 10.1. The maximum absolute atomic E-state index is 5.79. The fourth-order valence-electron chi connectivity index (χ4n) is 1.11. The Kier molecular flexibility index (Phi) is 4.52. The Bertz CT molecular complexity index is 373. The molecular weight excluding hydrogens is 230 g/mol. The average Bonchev–Trinajstić information content (AvgIpc) is 2.21. The summed E-state index contributed by atoms with van der Waals surface area (Å²) in [5.74, 6) is 0. The van der Waals surface area contributed by atoms with Crippen LogP contribution in [0.2, 0.25) is 5.02 Å². The number of hydrogen-bond acceptors (Lipinski definition) is 2. The maximum atomic E-state index is 5.79. The van der Waals surface area contributed by atoms with E-state index in [2.05, 4.69) is 22.7 Å². The summed E-state index contributed by atoms with van der Waals surface area (Å²) in [6, 6.07) is 7.46. The molecule has 0 saturated carbocycles. The lowest BCUT2D eigenvalue weighted by Gasteiger charge is -2.04. The second-order valence-corrected chi connectivity index (χ2v) is 3.77. The average molecular weight is 242 g/mol. The highest BCUT2D eigenvalue weighted by Gasteiger charge is 2.00. The number of nitrogens with one attached hydrogen (secondary N) is 1. The minimum atomic E-state index is 0.162. The van der Waals surface area contributed by atoms with Crippen molar-refractivity contribution in [1.29, 1.82) is 0 Å². The zero-order chi connectivity index (χ0) is 11.3. The van der Waals surface area contributed by atoms with Gasteiger partial charge in [0.15, 0.2) is 5.11 Å².